The number of ether oxygens (including phenoxy) is 1. The highest BCUT2D eigenvalue weighted by Crippen LogP contribution is 2.15. The summed E-state index contributed by atoms with van der Waals surface area (Å²) in [6, 6.07) is 3.34. The lowest BCUT2D eigenvalue weighted by atomic mass is 10.2. The molecule has 1 aromatic carbocycles. The Morgan fingerprint density at radius 2 is 2.07 bits per heavy atom. The van der Waals surface area contributed by atoms with Crippen LogP contribution >= 0.6 is 0 Å². The largest absolute Gasteiger partial charge is 0.493 e. The van der Waals surface area contributed by atoms with Crippen molar-refractivity contribution in [2.75, 3.05) is 13.2 Å². The lowest BCUT2D eigenvalue weighted by molar-refractivity contribution is 0.174. The highest BCUT2D eigenvalue weighted by Gasteiger charge is 2.05. The number of hydrogen-bond acceptors (Lipinski definition) is 2. The average Bonchev–Trinajstić information content (AvgIpc) is 2.19. The molecular formula is C10H12F2O2. The Balaban J connectivity index is 2.55. The summed E-state index contributed by atoms with van der Waals surface area (Å²) in [5.74, 6) is -1.58. The van der Waals surface area contributed by atoms with Crippen LogP contribution in [0.5, 0.6) is 5.75 Å². The minimum atomic E-state index is -0.931. The van der Waals surface area contributed by atoms with Gasteiger partial charge in [-0.25, -0.2) is 8.78 Å². The van der Waals surface area contributed by atoms with E-state index in [1.807, 2.05) is 0 Å². The van der Waals surface area contributed by atoms with Crippen molar-refractivity contribution < 1.29 is 18.6 Å². The van der Waals surface area contributed by atoms with Crippen LogP contribution in [0, 0.1) is 17.6 Å². The highest BCUT2D eigenvalue weighted by molar-refractivity contribution is 5.23. The molecule has 0 fully saturated rings. The zero-order valence-electron chi connectivity index (χ0n) is 7.84. The summed E-state index contributed by atoms with van der Waals surface area (Å²) in [4.78, 5) is 0. The second kappa shape index (κ2) is 4.91. The first kappa shape index (κ1) is 10.9. The Labute approximate surface area is 81.1 Å². The summed E-state index contributed by atoms with van der Waals surface area (Å²) >= 11 is 0. The van der Waals surface area contributed by atoms with E-state index in [0.717, 1.165) is 12.1 Å². The molecule has 1 unspecified atom stereocenters. The van der Waals surface area contributed by atoms with Gasteiger partial charge in [0.25, 0.3) is 0 Å². The van der Waals surface area contributed by atoms with E-state index in [2.05, 4.69) is 0 Å². The number of benzene rings is 1. The molecule has 2 nitrogen and oxygen atoms in total. The first-order valence-electron chi connectivity index (χ1n) is 4.32. The maximum atomic E-state index is 12.7. The van der Waals surface area contributed by atoms with E-state index in [4.69, 9.17) is 9.84 Å². The van der Waals surface area contributed by atoms with Crippen LogP contribution in [-0.2, 0) is 0 Å². The molecule has 0 aliphatic heterocycles. The fourth-order valence-electron chi connectivity index (χ4n) is 0.858. The topological polar surface area (TPSA) is 29.5 Å². The van der Waals surface area contributed by atoms with Crippen molar-refractivity contribution in [1.29, 1.82) is 0 Å². The molecule has 4 heteroatoms. The predicted molar refractivity (Wildman–Crippen MR) is 48.1 cm³/mol. The number of aliphatic hydroxyl groups is 1. The van der Waals surface area contributed by atoms with Crippen LogP contribution in [0.1, 0.15) is 6.92 Å². The van der Waals surface area contributed by atoms with Crippen LogP contribution in [0.15, 0.2) is 18.2 Å². The minimum Gasteiger partial charge on any atom is -0.493 e. The third kappa shape index (κ3) is 2.96. The van der Waals surface area contributed by atoms with E-state index < -0.39 is 11.6 Å². The van der Waals surface area contributed by atoms with E-state index in [-0.39, 0.29) is 24.9 Å². The SMILES string of the molecule is CC(CO)COc1ccc(F)c(F)c1. The van der Waals surface area contributed by atoms with Crippen LogP contribution in [0.3, 0.4) is 0 Å². The smallest absolute Gasteiger partial charge is 0.162 e. The molecule has 0 aromatic heterocycles. The third-order valence-electron chi connectivity index (χ3n) is 1.74. The van der Waals surface area contributed by atoms with Gasteiger partial charge < -0.3 is 9.84 Å². The average molecular weight is 202 g/mol. The molecule has 1 N–H and O–H groups in total. The summed E-state index contributed by atoms with van der Waals surface area (Å²) in [5.41, 5.74) is 0. The Hall–Kier alpha value is -1.16. The van der Waals surface area contributed by atoms with Crippen LogP contribution in [-0.4, -0.2) is 18.3 Å². The number of hydrogen-bond donors (Lipinski definition) is 1. The molecule has 0 spiro atoms. The van der Waals surface area contributed by atoms with Crippen LogP contribution in [0.4, 0.5) is 8.78 Å². The Morgan fingerprint density at radius 3 is 2.64 bits per heavy atom. The zero-order valence-corrected chi connectivity index (χ0v) is 7.84. The molecule has 0 saturated heterocycles. The number of rotatable bonds is 4. The molecule has 0 bridgehead atoms. The van der Waals surface area contributed by atoms with Gasteiger partial charge in [0.1, 0.15) is 5.75 Å². The van der Waals surface area contributed by atoms with E-state index in [1.165, 1.54) is 6.07 Å². The van der Waals surface area contributed by atoms with E-state index >= 15 is 0 Å². The fraction of sp³-hybridized carbons (Fsp3) is 0.400. The van der Waals surface area contributed by atoms with Gasteiger partial charge in [-0.15, -0.1) is 0 Å². The van der Waals surface area contributed by atoms with Crippen molar-refractivity contribution in [3.05, 3.63) is 29.8 Å². The molecule has 78 valence electrons. The summed E-state index contributed by atoms with van der Waals surface area (Å²) < 4.78 is 30.3. The fourth-order valence-corrected chi connectivity index (χ4v) is 0.858. The van der Waals surface area contributed by atoms with Gasteiger partial charge in [-0.1, -0.05) is 6.92 Å². The monoisotopic (exact) mass is 202 g/mol. The summed E-state index contributed by atoms with van der Waals surface area (Å²) in [6.45, 7) is 2.07. The van der Waals surface area contributed by atoms with E-state index in [1.54, 1.807) is 6.92 Å². The van der Waals surface area contributed by atoms with Crippen molar-refractivity contribution >= 4 is 0 Å². The second-order valence-electron chi connectivity index (χ2n) is 3.17. The number of aliphatic hydroxyl groups excluding tert-OH is 1. The Kier molecular flexibility index (Phi) is 3.83. The lowest BCUT2D eigenvalue weighted by Crippen LogP contribution is -2.12. The van der Waals surface area contributed by atoms with E-state index in [9.17, 15) is 8.78 Å². The van der Waals surface area contributed by atoms with Crippen LogP contribution in [0.25, 0.3) is 0 Å². The maximum absolute atomic E-state index is 12.7. The molecule has 14 heavy (non-hydrogen) atoms. The van der Waals surface area contributed by atoms with Gasteiger partial charge in [0, 0.05) is 18.6 Å². The Bertz CT molecular complexity index is 302. The normalized spacial score (nSPS) is 12.6. The minimum absolute atomic E-state index is 0.00365. The summed E-state index contributed by atoms with van der Waals surface area (Å²) in [7, 11) is 0. The van der Waals surface area contributed by atoms with Gasteiger partial charge in [0.05, 0.1) is 6.61 Å². The highest BCUT2D eigenvalue weighted by atomic mass is 19.2. The van der Waals surface area contributed by atoms with Crippen molar-refractivity contribution in [2.24, 2.45) is 5.92 Å². The molecule has 0 aliphatic carbocycles. The molecule has 0 saturated carbocycles. The third-order valence-corrected chi connectivity index (χ3v) is 1.74. The summed E-state index contributed by atoms with van der Waals surface area (Å²) in [5, 5.41) is 8.70. The maximum Gasteiger partial charge on any atom is 0.162 e. The Morgan fingerprint density at radius 1 is 1.36 bits per heavy atom. The molecule has 0 amide bonds. The van der Waals surface area contributed by atoms with Gasteiger partial charge in [-0.3, -0.25) is 0 Å². The van der Waals surface area contributed by atoms with Gasteiger partial charge >= 0.3 is 0 Å². The molecule has 0 aliphatic rings. The molecule has 0 heterocycles. The van der Waals surface area contributed by atoms with Gasteiger partial charge in [0.15, 0.2) is 11.6 Å². The molecule has 0 radical (unpaired) electrons. The second-order valence-corrected chi connectivity index (χ2v) is 3.17. The van der Waals surface area contributed by atoms with Crippen molar-refractivity contribution in [3.63, 3.8) is 0 Å². The zero-order chi connectivity index (χ0) is 10.6. The van der Waals surface area contributed by atoms with Crippen LogP contribution in [0.2, 0.25) is 0 Å². The first-order chi connectivity index (χ1) is 6.63. The first-order valence-corrected chi connectivity index (χ1v) is 4.32. The van der Waals surface area contributed by atoms with Crippen molar-refractivity contribution in [1.82, 2.24) is 0 Å². The van der Waals surface area contributed by atoms with Gasteiger partial charge in [-0.2, -0.15) is 0 Å². The molecule has 1 aromatic rings. The van der Waals surface area contributed by atoms with Crippen molar-refractivity contribution in [3.8, 4) is 5.75 Å². The lowest BCUT2D eigenvalue weighted by Gasteiger charge is -2.10. The summed E-state index contributed by atoms with van der Waals surface area (Å²) in [6.07, 6.45) is 0. The van der Waals surface area contributed by atoms with Crippen LogP contribution < -0.4 is 4.74 Å². The quantitative estimate of drug-likeness (QED) is 0.808. The standard InChI is InChI=1S/C10H12F2O2/c1-7(5-13)6-14-8-2-3-9(11)10(12)4-8/h2-4,7,13H,5-6H2,1H3. The predicted octanol–water partition coefficient (Wildman–Crippen LogP) is 1.97. The van der Waals surface area contributed by atoms with Crippen molar-refractivity contribution in [2.45, 2.75) is 6.92 Å². The van der Waals surface area contributed by atoms with E-state index in [0.29, 0.717) is 0 Å². The van der Waals surface area contributed by atoms with Gasteiger partial charge in [-0.05, 0) is 12.1 Å². The molecular weight excluding hydrogens is 190 g/mol. The molecule has 1 rings (SSSR count). The van der Waals surface area contributed by atoms with Gasteiger partial charge in [0.2, 0.25) is 0 Å². The molecule has 1 atom stereocenters. The number of halogens is 2.